The van der Waals surface area contributed by atoms with Crippen molar-refractivity contribution in [3.63, 3.8) is 0 Å². The van der Waals surface area contributed by atoms with E-state index in [-0.39, 0.29) is 11.4 Å². The Bertz CT molecular complexity index is 534. The fourth-order valence-corrected chi connectivity index (χ4v) is 2.17. The molecule has 0 atom stereocenters. The number of aliphatic hydroxyl groups is 1. The van der Waals surface area contributed by atoms with Gasteiger partial charge in [0.25, 0.3) is 5.91 Å². The molecule has 0 aromatic heterocycles. The number of carbonyl (C=O) groups excluding carboxylic acids is 2. The van der Waals surface area contributed by atoms with Gasteiger partial charge in [-0.05, 0) is 37.6 Å². The fourth-order valence-electron chi connectivity index (χ4n) is 1.91. The predicted molar refractivity (Wildman–Crippen MR) is 71.4 cm³/mol. The van der Waals surface area contributed by atoms with Crippen LogP contribution in [0.5, 0.6) is 0 Å². The number of Topliss-reactive ketones (excluding diaryl/α,β-unsaturated/α-hetero) is 1. The molecule has 0 aliphatic carbocycles. The Balaban J connectivity index is 2.32. The minimum absolute atomic E-state index is 0.216. The Morgan fingerprint density at radius 1 is 1.33 bits per heavy atom. The first-order valence-electron chi connectivity index (χ1n) is 5.51. The molecule has 0 bridgehead atoms. The van der Waals surface area contributed by atoms with Gasteiger partial charge in [-0.15, -0.1) is 0 Å². The predicted octanol–water partition coefficient (Wildman–Crippen LogP) is 2.59. The summed E-state index contributed by atoms with van der Waals surface area (Å²) >= 11 is 3.32. The molecule has 1 amide bonds. The van der Waals surface area contributed by atoms with E-state index in [4.69, 9.17) is 0 Å². The van der Waals surface area contributed by atoms with Crippen LogP contribution < -0.4 is 4.90 Å². The zero-order chi connectivity index (χ0) is 13.3. The second kappa shape index (κ2) is 4.94. The minimum Gasteiger partial charge on any atom is -0.503 e. The topological polar surface area (TPSA) is 57.6 Å². The van der Waals surface area contributed by atoms with Gasteiger partial charge in [0.2, 0.25) is 0 Å². The first-order valence-corrected chi connectivity index (χ1v) is 6.30. The van der Waals surface area contributed by atoms with Crippen LogP contribution in [0.25, 0.3) is 0 Å². The number of carbonyl (C=O) groups is 2. The van der Waals surface area contributed by atoms with E-state index in [1.54, 1.807) is 12.1 Å². The maximum atomic E-state index is 12.0. The molecular formula is C13H12BrNO3. The van der Waals surface area contributed by atoms with Crippen LogP contribution in [0.3, 0.4) is 0 Å². The van der Waals surface area contributed by atoms with E-state index in [0.29, 0.717) is 18.7 Å². The highest BCUT2D eigenvalue weighted by molar-refractivity contribution is 9.10. The third kappa shape index (κ3) is 2.31. The maximum Gasteiger partial charge on any atom is 0.293 e. The molecule has 1 N–H and O–H groups in total. The van der Waals surface area contributed by atoms with Crippen LogP contribution in [0.2, 0.25) is 0 Å². The van der Waals surface area contributed by atoms with Crippen molar-refractivity contribution in [2.45, 2.75) is 13.3 Å². The third-order valence-corrected chi connectivity index (χ3v) is 3.41. The number of ketones is 1. The quantitative estimate of drug-likeness (QED) is 0.913. The van der Waals surface area contributed by atoms with Crippen LogP contribution in [-0.4, -0.2) is 23.3 Å². The average Bonchev–Trinajstić information content (AvgIpc) is 2.33. The fraction of sp³-hybridized carbons (Fsp3) is 0.231. The summed E-state index contributed by atoms with van der Waals surface area (Å²) in [6.45, 7) is 1.76. The molecule has 0 radical (unpaired) electrons. The molecule has 1 aromatic rings. The smallest absolute Gasteiger partial charge is 0.293 e. The first-order chi connectivity index (χ1) is 8.50. The van der Waals surface area contributed by atoms with Crippen LogP contribution in [0.4, 0.5) is 5.69 Å². The second-order valence-electron chi connectivity index (χ2n) is 4.07. The summed E-state index contributed by atoms with van der Waals surface area (Å²) in [7, 11) is 0. The highest BCUT2D eigenvalue weighted by Crippen LogP contribution is 2.25. The maximum absolute atomic E-state index is 12.0. The van der Waals surface area contributed by atoms with Crippen molar-refractivity contribution >= 4 is 33.3 Å². The van der Waals surface area contributed by atoms with Crippen molar-refractivity contribution in [1.82, 2.24) is 0 Å². The molecular weight excluding hydrogens is 298 g/mol. The van der Waals surface area contributed by atoms with Crippen molar-refractivity contribution in [3.05, 3.63) is 40.1 Å². The van der Waals surface area contributed by atoms with Crippen molar-refractivity contribution in [2.24, 2.45) is 0 Å². The van der Waals surface area contributed by atoms with E-state index in [1.807, 2.05) is 12.1 Å². The molecule has 1 aliphatic rings. The van der Waals surface area contributed by atoms with Gasteiger partial charge in [-0.25, -0.2) is 0 Å². The van der Waals surface area contributed by atoms with Crippen molar-refractivity contribution in [2.75, 3.05) is 11.4 Å². The van der Waals surface area contributed by atoms with Crippen molar-refractivity contribution < 1.29 is 14.7 Å². The third-order valence-electron chi connectivity index (χ3n) is 2.88. The van der Waals surface area contributed by atoms with Gasteiger partial charge < -0.3 is 10.0 Å². The number of hydrogen-bond donors (Lipinski definition) is 1. The molecule has 1 heterocycles. The largest absolute Gasteiger partial charge is 0.503 e. The van der Waals surface area contributed by atoms with Crippen molar-refractivity contribution in [3.8, 4) is 0 Å². The Hall–Kier alpha value is -1.62. The second-order valence-corrected chi connectivity index (χ2v) is 4.98. The number of benzene rings is 1. The summed E-state index contributed by atoms with van der Waals surface area (Å²) in [5, 5.41) is 9.75. The van der Waals surface area contributed by atoms with E-state index in [2.05, 4.69) is 15.9 Å². The summed E-state index contributed by atoms with van der Waals surface area (Å²) in [6.07, 6.45) is 0.378. The number of aliphatic hydroxyl groups excluding tert-OH is 1. The molecule has 5 heteroatoms. The molecule has 94 valence electrons. The lowest BCUT2D eigenvalue weighted by molar-refractivity contribution is -0.120. The number of hydrogen-bond acceptors (Lipinski definition) is 3. The molecule has 4 nitrogen and oxygen atoms in total. The van der Waals surface area contributed by atoms with Gasteiger partial charge >= 0.3 is 0 Å². The Morgan fingerprint density at radius 3 is 2.50 bits per heavy atom. The van der Waals surface area contributed by atoms with E-state index in [1.165, 1.54) is 11.8 Å². The van der Waals surface area contributed by atoms with Crippen LogP contribution in [0.15, 0.2) is 40.1 Å². The molecule has 2 rings (SSSR count). The number of amides is 1. The summed E-state index contributed by atoms with van der Waals surface area (Å²) in [5.41, 5.74) is 0.922. The van der Waals surface area contributed by atoms with Gasteiger partial charge in [0.15, 0.2) is 11.5 Å². The van der Waals surface area contributed by atoms with Gasteiger partial charge in [-0.2, -0.15) is 0 Å². The molecule has 0 saturated carbocycles. The minimum atomic E-state index is -0.520. The zero-order valence-corrected chi connectivity index (χ0v) is 11.4. The van der Waals surface area contributed by atoms with E-state index < -0.39 is 11.7 Å². The molecule has 0 spiro atoms. The normalized spacial score (nSPS) is 16.1. The van der Waals surface area contributed by atoms with Crippen LogP contribution in [0, 0.1) is 0 Å². The summed E-state index contributed by atoms with van der Waals surface area (Å²) < 4.78 is 0.917. The van der Waals surface area contributed by atoms with Gasteiger partial charge in [0.1, 0.15) is 0 Å². The Morgan fingerprint density at radius 2 is 1.94 bits per heavy atom. The van der Waals surface area contributed by atoms with Gasteiger partial charge in [-0.1, -0.05) is 15.9 Å². The van der Waals surface area contributed by atoms with Crippen molar-refractivity contribution in [1.29, 1.82) is 0 Å². The Kier molecular flexibility index (Phi) is 3.52. The highest BCUT2D eigenvalue weighted by Gasteiger charge is 2.29. The number of rotatable bonds is 2. The standard InChI is InChI=1S/C13H12BrNO3/c1-8(16)11-6-7-15(13(18)12(11)17)10-4-2-9(14)3-5-10/h2-5,17H,6-7H2,1H3. The van der Waals surface area contributed by atoms with E-state index in [0.717, 1.165) is 4.47 Å². The van der Waals surface area contributed by atoms with Crippen LogP contribution >= 0.6 is 15.9 Å². The SMILES string of the molecule is CC(=O)C1=C(O)C(=O)N(c2ccc(Br)cc2)CC1. The molecule has 0 unspecified atom stereocenters. The lowest BCUT2D eigenvalue weighted by atomic mass is 10.0. The zero-order valence-electron chi connectivity index (χ0n) is 9.81. The van der Waals surface area contributed by atoms with Gasteiger partial charge in [0.05, 0.1) is 0 Å². The number of nitrogens with zero attached hydrogens (tertiary/aromatic N) is 1. The lowest BCUT2D eigenvalue weighted by Gasteiger charge is -2.27. The van der Waals surface area contributed by atoms with Crippen LogP contribution in [0.1, 0.15) is 13.3 Å². The summed E-state index contributed by atoms with van der Waals surface area (Å²) in [4.78, 5) is 24.7. The molecule has 0 fully saturated rings. The number of anilines is 1. The molecule has 1 aliphatic heterocycles. The summed E-state index contributed by atoms with van der Waals surface area (Å²) in [5.74, 6) is -1.21. The van der Waals surface area contributed by atoms with E-state index in [9.17, 15) is 14.7 Å². The Labute approximate surface area is 113 Å². The van der Waals surface area contributed by atoms with E-state index >= 15 is 0 Å². The molecule has 1 aromatic carbocycles. The monoisotopic (exact) mass is 309 g/mol. The first kappa shape index (κ1) is 12.8. The molecule has 0 saturated heterocycles. The molecule has 18 heavy (non-hydrogen) atoms. The lowest BCUT2D eigenvalue weighted by Crippen LogP contribution is -2.38. The highest BCUT2D eigenvalue weighted by atomic mass is 79.9. The van der Waals surface area contributed by atoms with Gasteiger partial charge in [0, 0.05) is 22.3 Å². The number of halogens is 1. The van der Waals surface area contributed by atoms with Crippen LogP contribution in [-0.2, 0) is 9.59 Å². The summed E-state index contributed by atoms with van der Waals surface area (Å²) in [6, 6.07) is 7.22. The average molecular weight is 310 g/mol. The van der Waals surface area contributed by atoms with Gasteiger partial charge in [-0.3, -0.25) is 9.59 Å².